The van der Waals surface area contributed by atoms with Crippen molar-refractivity contribution in [3.05, 3.63) is 33.2 Å². The van der Waals surface area contributed by atoms with Crippen LogP contribution in [0.3, 0.4) is 0 Å². The summed E-state index contributed by atoms with van der Waals surface area (Å²) in [6, 6.07) is 0. The minimum absolute atomic E-state index is 0.0935. The molecule has 0 aliphatic carbocycles. The van der Waals surface area contributed by atoms with Crippen LogP contribution >= 0.6 is 0 Å². The Kier molecular flexibility index (Phi) is 3.73. The van der Waals surface area contributed by atoms with E-state index in [1.165, 1.54) is 0 Å². The molecule has 1 aromatic rings. The molecule has 0 saturated carbocycles. The van der Waals surface area contributed by atoms with Crippen molar-refractivity contribution in [3.63, 3.8) is 0 Å². The number of hydrogen-bond donors (Lipinski definition) is 1. The third-order valence-electron chi connectivity index (χ3n) is 2.05. The number of H-pyrrole nitrogens is 1. The Morgan fingerprint density at radius 2 is 1.94 bits per heavy atom. The molecule has 1 rings (SSSR count). The number of alkyl halides is 5. The van der Waals surface area contributed by atoms with Gasteiger partial charge < -0.3 is 9.72 Å². The van der Waals surface area contributed by atoms with Crippen LogP contribution in [0.5, 0.6) is 0 Å². The number of halogens is 5. The molecule has 0 saturated heterocycles. The maximum Gasteiger partial charge on any atom is 0.418 e. The monoisotopic (exact) mass is 271 g/mol. The Hall–Kier alpha value is -1.93. The highest BCUT2D eigenvalue weighted by Crippen LogP contribution is 2.36. The van der Waals surface area contributed by atoms with E-state index in [1.807, 2.05) is 0 Å². The lowest BCUT2D eigenvalue weighted by Crippen LogP contribution is -2.25. The topological polar surface area (TPSA) is 59.2 Å². The van der Waals surface area contributed by atoms with Gasteiger partial charge in [0.2, 0.25) is 0 Å². The number of methoxy groups -OCH3 is 1. The lowest BCUT2D eigenvalue weighted by atomic mass is 10.0. The lowest BCUT2D eigenvalue weighted by Gasteiger charge is -2.14. The summed E-state index contributed by atoms with van der Waals surface area (Å²) >= 11 is 0. The van der Waals surface area contributed by atoms with E-state index < -0.39 is 40.8 Å². The van der Waals surface area contributed by atoms with Gasteiger partial charge in [-0.05, 0) is 0 Å². The molecule has 0 aliphatic heterocycles. The Morgan fingerprint density at radius 1 is 1.39 bits per heavy atom. The van der Waals surface area contributed by atoms with E-state index in [-0.39, 0.29) is 6.20 Å². The van der Waals surface area contributed by atoms with Gasteiger partial charge in [-0.15, -0.1) is 0 Å². The number of pyridine rings is 1. The summed E-state index contributed by atoms with van der Waals surface area (Å²) in [5, 5.41) is 0. The van der Waals surface area contributed by atoms with Gasteiger partial charge >= 0.3 is 12.1 Å². The van der Waals surface area contributed by atoms with Crippen molar-refractivity contribution in [2.24, 2.45) is 0 Å². The van der Waals surface area contributed by atoms with Crippen molar-refractivity contribution in [2.45, 2.75) is 12.6 Å². The molecule has 0 atom stereocenters. The van der Waals surface area contributed by atoms with Crippen molar-refractivity contribution in [1.82, 2.24) is 4.98 Å². The second-order valence-electron chi connectivity index (χ2n) is 3.11. The van der Waals surface area contributed by atoms with Gasteiger partial charge in [0.15, 0.2) is 0 Å². The molecule has 0 fully saturated rings. The smallest absolute Gasteiger partial charge is 0.418 e. The van der Waals surface area contributed by atoms with Crippen molar-refractivity contribution >= 4 is 5.97 Å². The van der Waals surface area contributed by atoms with Crippen molar-refractivity contribution < 1.29 is 31.5 Å². The van der Waals surface area contributed by atoms with Crippen LogP contribution in [0.1, 0.15) is 27.9 Å². The average molecular weight is 271 g/mol. The first kappa shape index (κ1) is 14.1. The van der Waals surface area contributed by atoms with Crippen LogP contribution in [0, 0.1) is 0 Å². The van der Waals surface area contributed by atoms with E-state index in [0.29, 0.717) is 0 Å². The first-order valence-corrected chi connectivity index (χ1v) is 4.39. The van der Waals surface area contributed by atoms with Crippen LogP contribution in [-0.4, -0.2) is 18.1 Å². The zero-order chi connectivity index (χ0) is 14.1. The number of nitrogens with one attached hydrogen (secondary N) is 1. The van der Waals surface area contributed by atoms with Gasteiger partial charge in [-0.3, -0.25) is 4.79 Å². The zero-order valence-electron chi connectivity index (χ0n) is 8.77. The third kappa shape index (κ3) is 2.49. The highest BCUT2D eigenvalue weighted by atomic mass is 19.4. The average Bonchev–Trinajstić information content (AvgIpc) is 2.25. The summed E-state index contributed by atoms with van der Waals surface area (Å²) in [5.41, 5.74) is -6.18. The van der Waals surface area contributed by atoms with Crippen molar-refractivity contribution in [1.29, 1.82) is 0 Å². The molecule has 0 spiro atoms. The highest BCUT2D eigenvalue weighted by molar-refractivity contribution is 5.91. The van der Waals surface area contributed by atoms with Crippen LogP contribution in [0.4, 0.5) is 22.0 Å². The Bertz CT molecular complexity index is 520. The molecule has 1 aromatic heterocycles. The Morgan fingerprint density at radius 3 is 2.33 bits per heavy atom. The van der Waals surface area contributed by atoms with E-state index >= 15 is 0 Å². The quantitative estimate of drug-likeness (QED) is 0.662. The molecule has 18 heavy (non-hydrogen) atoms. The predicted octanol–water partition coefficient (Wildman–Crippen LogP) is 2.12. The molecule has 1 heterocycles. The van der Waals surface area contributed by atoms with Crippen molar-refractivity contribution in [2.75, 3.05) is 7.11 Å². The zero-order valence-corrected chi connectivity index (χ0v) is 8.77. The number of ether oxygens (including phenoxy) is 1. The molecule has 4 nitrogen and oxygen atoms in total. The second-order valence-corrected chi connectivity index (χ2v) is 3.11. The number of hydrogen-bond acceptors (Lipinski definition) is 3. The fourth-order valence-corrected chi connectivity index (χ4v) is 1.31. The minimum atomic E-state index is -5.13. The molecule has 0 bridgehead atoms. The van der Waals surface area contributed by atoms with Crippen molar-refractivity contribution in [3.8, 4) is 0 Å². The van der Waals surface area contributed by atoms with Crippen LogP contribution in [0.15, 0.2) is 11.0 Å². The minimum Gasteiger partial charge on any atom is -0.465 e. The molecule has 1 N–H and O–H groups in total. The molecule has 0 aliphatic rings. The molecule has 9 heteroatoms. The summed E-state index contributed by atoms with van der Waals surface area (Å²) in [7, 11) is 0.761. The fraction of sp³-hybridized carbons (Fsp3) is 0.333. The number of aromatic nitrogens is 1. The van der Waals surface area contributed by atoms with Gasteiger partial charge in [-0.1, -0.05) is 0 Å². The highest BCUT2D eigenvalue weighted by Gasteiger charge is 2.39. The maximum absolute atomic E-state index is 12.6. The fourth-order valence-electron chi connectivity index (χ4n) is 1.31. The first-order chi connectivity index (χ1) is 8.20. The SMILES string of the molecule is COC(=O)c1c(C(F)F)c(C(F)(F)F)c[nH]c1=O. The molecular formula is C9H6F5NO3. The third-order valence-corrected chi connectivity index (χ3v) is 2.05. The number of esters is 1. The molecule has 0 aromatic carbocycles. The first-order valence-electron chi connectivity index (χ1n) is 4.39. The van der Waals surface area contributed by atoms with E-state index in [9.17, 15) is 31.5 Å². The van der Waals surface area contributed by atoms with Gasteiger partial charge in [0.1, 0.15) is 5.56 Å². The number of carbonyl (C=O) groups excluding carboxylic acids is 1. The second kappa shape index (κ2) is 4.75. The van der Waals surface area contributed by atoms with Gasteiger partial charge in [0.05, 0.1) is 18.2 Å². The van der Waals surface area contributed by atoms with Crippen LogP contribution < -0.4 is 5.56 Å². The molecule has 0 unspecified atom stereocenters. The normalized spacial score (nSPS) is 11.7. The largest absolute Gasteiger partial charge is 0.465 e. The molecule has 0 amide bonds. The summed E-state index contributed by atoms with van der Waals surface area (Å²) in [6.45, 7) is 0. The Labute approximate surface area is 96.4 Å². The van der Waals surface area contributed by atoms with Gasteiger partial charge in [0, 0.05) is 6.20 Å². The predicted molar refractivity (Wildman–Crippen MR) is 48.4 cm³/mol. The lowest BCUT2D eigenvalue weighted by molar-refractivity contribution is -0.139. The number of aromatic amines is 1. The number of carbonyl (C=O) groups is 1. The van der Waals surface area contributed by atoms with Gasteiger partial charge in [0.25, 0.3) is 12.0 Å². The summed E-state index contributed by atoms with van der Waals surface area (Å²) < 4.78 is 66.7. The molecular weight excluding hydrogens is 265 g/mol. The van der Waals surface area contributed by atoms with Gasteiger partial charge in [-0.25, -0.2) is 13.6 Å². The maximum atomic E-state index is 12.6. The summed E-state index contributed by atoms with van der Waals surface area (Å²) in [6.07, 6.45) is -8.67. The van der Waals surface area contributed by atoms with E-state index in [4.69, 9.17) is 0 Å². The Balaban J connectivity index is 3.69. The summed E-state index contributed by atoms with van der Waals surface area (Å²) in [5.74, 6) is -1.56. The molecule has 0 radical (unpaired) electrons. The summed E-state index contributed by atoms with van der Waals surface area (Å²) in [4.78, 5) is 23.8. The van der Waals surface area contributed by atoms with Crippen LogP contribution in [-0.2, 0) is 10.9 Å². The van der Waals surface area contributed by atoms with E-state index in [1.54, 1.807) is 4.98 Å². The standard InChI is InChI=1S/C9H6F5NO3/c1-18-8(17)5-4(6(10)11)3(9(12,13)14)2-15-7(5)16/h2,6H,1H3,(H,15,16). The van der Waals surface area contributed by atoms with Crippen LogP contribution in [0.25, 0.3) is 0 Å². The van der Waals surface area contributed by atoms with E-state index in [2.05, 4.69) is 4.74 Å². The van der Waals surface area contributed by atoms with Crippen LogP contribution in [0.2, 0.25) is 0 Å². The molecule has 100 valence electrons. The van der Waals surface area contributed by atoms with E-state index in [0.717, 1.165) is 7.11 Å². The van der Waals surface area contributed by atoms with Gasteiger partial charge in [-0.2, -0.15) is 13.2 Å². The number of rotatable bonds is 2.